The van der Waals surface area contributed by atoms with Crippen LogP contribution in [0.25, 0.3) is 0 Å². The van der Waals surface area contributed by atoms with Gasteiger partial charge in [-0.15, -0.1) is 0 Å². The van der Waals surface area contributed by atoms with Gasteiger partial charge in [0, 0.05) is 6.20 Å². The van der Waals surface area contributed by atoms with Crippen molar-refractivity contribution in [3.05, 3.63) is 24.0 Å². The zero-order valence-electron chi connectivity index (χ0n) is 8.34. The highest BCUT2D eigenvalue weighted by molar-refractivity contribution is 5.94. The molecule has 1 fully saturated rings. The molecule has 5 nitrogen and oxygen atoms in total. The molecule has 80 valence electrons. The number of hydrogen-bond donors (Lipinski definition) is 2. The number of likely N-dealkylation sites (tertiary alicyclic amines) is 1. The van der Waals surface area contributed by atoms with Gasteiger partial charge in [0.15, 0.2) is 0 Å². The molecule has 0 aliphatic carbocycles. The number of hydrogen-bond acceptors (Lipinski definition) is 4. The summed E-state index contributed by atoms with van der Waals surface area (Å²) in [6.07, 6.45) is 2.66. The van der Waals surface area contributed by atoms with Gasteiger partial charge in [-0.05, 0) is 13.0 Å². The number of pyridine rings is 1. The van der Waals surface area contributed by atoms with E-state index in [1.807, 2.05) is 0 Å². The van der Waals surface area contributed by atoms with Crippen LogP contribution in [0, 0.1) is 0 Å². The van der Waals surface area contributed by atoms with Gasteiger partial charge in [0.1, 0.15) is 5.75 Å². The number of carbonyl (C=O) groups excluding carboxylic acids is 1. The van der Waals surface area contributed by atoms with Gasteiger partial charge in [0.2, 0.25) is 0 Å². The third-order valence-electron chi connectivity index (χ3n) is 2.32. The molecule has 2 heterocycles. The molecule has 1 aromatic rings. The molecule has 0 atom stereocenters. The van der Waals surface area contributed by atoms with Crippen LogP contribution in [0.3, 0.4) is 0 Å². The van der Waals surface area contributed by atoms with E-state index in [1.165, 1.54) is 23.4 Å². The van der Waals surface area contributed by atoms with Crippen LogP contribution in [0.4, 0.5) is 0 Å². The van der Waals surface area contributed by atoms with E-state index in [-0.39, 0.29) is 11.7 Å². The van der Waals surface area contributed by atoms with E-state index in [9.17, 15) is 9.90 Å². The van der Waals surface area contributed by atoms with Crippen molar-refractivity contribution in [3.63, 3.8) is 0 Å². The number of β-amino-alcohol motifs (C(OH)–C–C–N with tert-alkyl or cyclic N) is 1. The van der Waals surface area contributed by atoms with Crippen molar-refractivity contribution in [3.8, 4) is 5.75 Å². The number of aromatic nitrogens is 1. The monoisotopic (exact) mass is 208 g/mol. The molecule has 2 rings (SSSR count). The summed E-state index contributed by atoms with van der Waals surface area (Å²) >= 11 is 0. The third-order valence-corrected chi connectivity index (χ3v) is 2.32. The lowest BCUT2D eigenvalue weighted by Gasteiger charge is -2.44. The Morgan fingerprint density at radius 1 is 1.53 bits per heavy atom. The summed E-state index contributed by atoms with van der Waals surface area (Å²) in [4.78, 5) is 17.0. The molecule has 0 unspecified atom stereocenters. The lowest BCUT2D eigenvalue weighted by Crippen LogP contribution is -2.61. The first-order valence-electron chi connectivity index (χ1n) is 4.64. The van der Waals surface area contributed by atoms with E-state index >= 15 is 0 Å². The van der Waals surface area contributed by atoms with Gasteiger partial charge in [-0.3, -0.25) is 9.78 Å². The predicted molar refractivity (Wildman–Crippen MR) is 52.4 cm³/mol. The molecule has 1 aliphatic rings. The first-order chi connectivity index (χ1) is 6.98. The number of carbonyl (C=O) groups is 1. The molecule has 15 heavy (non-hydrogen) atoms. The zero-order chi connectivity index (χ0) is 11.1. The van der Waals surface area contributed by atoms with E-state index in [4.69, 9.17) is 5.11 Å². The highest BCUT2D eigenvalue weighted by Crippen LogP contribution is 2.22. The summed E-state index contributed by atoms with van der Waals surface area (Å²) in [5, 5.41) is 18.6. The highest BCUT2D eigenvalue weighted by atomic mass is 16.3. The van der Waals surface area contributed by atoms with Crippen molar-refractivity contribution < 1.29 is 15.0 Å². The fraction of sp³-hybridized carbons (Fsp3) is 0.400. The Hall–Kier alpha value is -1.62. The molecule has 0 radical (unpaired) electrons. The quantitative estimate of drug-likeness (QED) is 0.681. The first-order valence-corrected chi connectivity index (χ1v) is 4.64. The second-order valence-corrected chi connectivity index (χ2v) is 4.09. The third kappa shape index (κ3) is 1.92. The Morgan fingerprint density at radius 2 is 2.20 bits per heavy atom. The number of rotatable bonds is 1. The molecule has 1 aliphatic heterocycles. The van der Waals surface area contributed by atoms with Crippen molar-refractivity contribution >= 4 is 5.91 Å². The minimum absolute atomic E-state index is 0.0341. The highest BCUT2D eigenvalue weighted by Gasteiger charge is 2.39. The maximum absolute atomic E-state index is 11.7. The number of nitrogens with zero attached hydrogens (tertiary/aromatic N) is 2. The minimum Gasteiger partial charge on any atom is -0.506 e. The number of amides is 1. The van der Waals surface area contributed by atoms with Gasteiger partial charge in [-0.25, -0.2) is 0 Å². The van der Waals surface area contributed by atoms with Gasteiger partial charge >= 0.3 is 0 Å². The standard InChI is InChI=1S/C10H12N2O3/c1-10(15)5-12(6-10)9(14)7-2-8(13)4-11-3-7/h2-4,13,15H,5-6H2,1H3. The predicted octanol–water partition coefficient (Wildman–Crippen LogP) is -0.00600. The molecule has 0 bridgehead atoms. The van der Waals surface area contributed by atoms with Crippen LogP contribution in [0.15, 0.2) is 18.5 Å². The van der Waals surface area contributed by atoms with E-state index < -0.39 is 5.60 Å². The summed E-state index contributed by atoms with van der Waals surface area (Å²) in [5.74, 6) is -0.252. The Bertz CT molecular complexity index is 395. The lowest BCUT2D eigenvalue weighted by molar-refractivity contribution is -0.0668. The van der Waals surface area contributed by atoms with Crippen LogP contribution in [0.1, 0.15) is 17.3 Å². The van der Waals surface area contributed by atoms with E-state index in [0.717, 1.165) is 0 Å². The molecule has 1 saturated heterocycles. The van der Waals surface area contributed by atoms with Gasteiger partial charge in [-0.2, -0.15) is 0 Å². The average molecular weight is 208 g/mol. The maximum Gasteiger partial charge on any atom is 0.255 e. The fourth-order valence-electron chi connectivity index (χ4n) is 1.65. The van der Waals surface area contributed by atoms with Crippen molar-refractivity contribution in [2.24, 2.45) is 0 Å². The van der Waals surface area contributed by atoms with Crippen molar-refractivity contribution in [2.45, 2.75) is 12.5 Å². The molecule has 1 amide bonds. The van der Waals surface area contributed by atoms with Gasteiger partial charge in [0.25, 0.3) is 5.91 Å². The molecule has 0 spiro atoms. The van der Waals surface area contributed by atoms with E-state index in [0.29, 0.717) is 18.7 Å². The Balaban J connectivity index is 2.10. The van der Waals surface area contributed by atoms with Crippen LogP contribution in [0.2, 0.25) is 0 Å². The van der Waals surface area contributed by atoms with E-state index in [1.54, 1.807) is 6.92 Å². The molecule has 2 N–H and O–H groups in total. The van der Waals surface area contributed by atoms with Gasteiger partial charge < -0.3 is 15.1 Å². The van der Waals surface area contributed by atoms with Crippen molar-refractivity contribution in [1.29, 1.82) is 0 Å². The van der Waals surface area contributed by atoms with Crippen LogP contribution in [-0.2, 0) is 0 Å². The molecule has 1 aromatic heterocycles. The Labute approximate surface area is 87.0 Å². The molecular formula is C10H12N2O3. The number of aliphatic hydroxyl groups is 1. The van der Waals surface area contributed by atoms with Gasteiger partial charge in [0.05, 0.1) is 30.5 Å². The summed E-state index contributed by atoms with van der Waals surface area (Å²) in [5.41, 5.74) is -0.439. The molecule has 0 aromatic carbocycles. The normalized spacial score (nSPS) is 18.4. The summed E-state index contributed by atoms with van der Waals surface area (Å²) in [6, 6.07) is 1.36. The second kappa shape index (κ2) is 3.20. The molecule has 5 heteroatoms. The first kappa shape index (κ1) is 9.92. The summed E-state index contributed by atoms with van der Waals surface area (Å²) in [6.45, 7) is 2.32. The maximum atomic E-state index is 11.7. The van der Waals surface area contributed by atoms with Crippen LogP contribution >= 0.6 is 0 Å². The molecule has 0 saturated carbocycles. The van der Waals surface area contributed by atoms with Crippen LogP contribution in [0.5, 0.6) is 5.75 Å². The number of aromatic hydroxyl groups is 1. The van der Waals surface area contributed by atoms with Crippen molar-refractivity contribution in [1.82, 2.24) is 9.88 Å². The average Bonchev–Trinajstić information content (AvgIpc) is 2.13. The smallest absolute Gasteiger partial charge is 0.255 e. The van der Waals surface area contributed by atoms with Gasteiger partial charge in [-0.1, -0.05) is 0 Å². The largest absolute Gasteiger partial charge is 0.506 e. The molecular weight excluding hydrogens is 196 g/mol. The lowest BCUT2D eigenvalue weighted by atomic mass is 9.96. The SMILES string of the molecule is CC1(O)CN(C(=O)c2cncc(O)c2)C1. The van der Waals surface area contributed by atoms with Crippen molar-refractivity contribution in [2.75, 3.05) is 13.1 Å². The topological polar surface area (TPSA) is 73.7 Å². The Kier molecular flexibility index (Phi) is 2.12. The zero-order valence-corrected chi connectivity index (χ0v) is 8.34. The van der Waals surface area contributed by atoms with E-state index in [2.05, 4.69) is 4.98 Å². The summed E-state index contributed by atoms with van der Waals surface area (Å²) in [7, 11) is 0. The Morgan fingerprint density at radius 3 is 2.73 bits per heavy atom. The summed E-state index contributed by atoms with van der Waals surface area (Å²) < 4.78 is 0. The fourth-order valence-corrected chi connectivity index (χ4v) is 1.65. The van der Waals surface area contributed by atoms with Crippen LogP contribution < -0.4 is 0 Å². The van der Waals surface area contributed by atoms with Crippen LogP contribution in [-0.4, -0.2) is 44.7 Å². The minimum atomic E-state index is -0.778. The second-order valence-electron chi connectivity index (χ2n) is 4.09.